The molecule has 0 bridgehead atoms. The Hall–Kier alpha value is -1.66. The second kappa shape index (κ2) is 3.68. The van der Waals surface area contributed by atoms with Gasteiger partial charge in [0.05, 0.1) is 12.1 Å². The minimum Gasteiger partial charge on any atom is -0.394 e. The summed E-state index contributed by atoms with van der Waals surface area (Å²) < 4.78 is 1.93. The zero-order valence-corrected chi connectivity index (χ0v) is 9.45. The van der Waals surface area contributed by atoms with Gasteiger partial charge in [-0.05, 0) is 6.42 Å². The van der Waals surface area contributed by atoms with E-state index in [1.807, 2.05) is 16.8 Å². The zero-order chi connectivity index (χ0) is 11.9. The third kappa shape index (κ3) is 1.65. The van der Waals surface area contributed by atoms with Crippen molar-refractivity contribution in [1.82, 2.24) is 14.4 Å². The standard InChI is InChI=1S/C11H15N5O/c12-11(8-17)1-4-16(7-11)10-9-13-2-5-15(9)6-3-14-10/h2-3,5-6,17H,1,4,7-8,12H2. The average Bonchev–Trinajstić information content (AvgIpc) is 2.95. The molecule has 0 spiro atoms. The van der Waals surface area contributed by atoms with E-state index in [-0.39, 0.29) is 6.61 Å². The molecular formula is C11H15N5O. The highest BCUT2D eigenvalue weighted by molar-refractivity contribution is 5.64. The predicted molar refractivity (Wildman–Crippen MR) is 63.8 cm³/mol. The number of nitrogens with two attached hydrogens (primary N) is 1. The molecule has 1 saturated heterocycles. The quantitative estimate of drug-likeness (QED) is 0.739. The summed E-state index contributed by atoms with van der Waals surface area (Å²) in [6.07, 6.45) is 8.02. The molecule has 6 heteroatoms. The van der Waals surface area contributed by atoms with Gasteiger partial charge in [0, 0.05) is 37.9 Å². The molecule has 3 rings (SSSR count). The van der Waals surface area contributed by atoms with E-state index in [9.17, 15) is 5.11 Å². The number of hydrogen-bond donors (Lipinski definition) is 2. The fraction of sp³-hybridized carbons (Fsp3) is 0.455. The summed E-state index contributed by atoms with van der Waals surface area (Å²) in [4.78, 5) is 10.7. The average molecular weight is 233 g/mol. The molecule has 1 atom stereocenters. The van der Waals surface area contributed by atoms with Crippen molar-refractivity contribution in [3.63, 3.8) is 0 Å². The Labute approximate surface area is 98.7 Å². The van der Waals surface area contributed by atoms with Crippen LogP contribution in [0, 0.1) is 0 Å². The van der Waals surface area contributed by atoms with Crippen molar-refractivity contribution in [3.8, 4) is 0 Å². The highest BCUT2D eigenvalue weighted by Gasteiger charge is 2.35. The smallest absolute Gasteiger partial charge is 0.180 e. The summed E-state index contributed by atoms with van der Waals surface area (Å²) >= 11 is 0. The van der Waals surface area contributed by atoms with Crippen LogP contribution in [0.3, 0.4) is 0 Å². The van der Waals surface area contributed by atoms with Crippen molar-refractivity contribution in [2.75, 3.05) is 24.6 Å². The summed E-state index contributed by atoms with van der Waals surface area (Å²) in [6.45, 7) is 1.42. The maximum atomic E-state index is 9.27. The lowest BCUT2D eigenvalue weighted by Gasteiger charge is -2.22. The highest BCUT2D eigenvalue weighted by atomic mass is 16.3. The number of rotatable bonds is 2. The topological polar surface area (TPSA) is 79.7 Å². The van der Waals surface area contributed by atoms with Gasteiger partial charge in [-0.2, -0.15) is 0 Å². The molecule has 2 aromatic heterocycles. The van der Waals surface area contributed by atoms with Gasteiger partial charge in [-0.15, -0.1) is 0 Å². The van der Waals surface area contributed by atoms with Crippen LogP contribution in [0.1, 0.15) is 6.42 Å². The summed E-state index contributed by atoms with van der Waals surface area (Å²) in [7, 11) is 0. The Morgan fingerprint density at radius 2 is 2.12 bits per heavy atom. The molecule has 1 unspecified atom stereocenters. The molecule has 0 aromatic carbocycles. The summed E-state index contributed by atoms with van der Waals surface area (Å²) in [5.74, 6) is 0.832. The van der Waals surface area contributed by atoms with Gasteiger partial charge >= 0.3 is 0 Å². The van der Waals surface area contributed by atoms with Gasteiger partial charge in [0.25, 0.3) is 0 Å². The van der Waals surface area contributed by atoms with Crippen LogP contribution in [0.15, 0.2) is 24.8 Å². The van der Waals surface area contributed by atoms with Crippen LogP contribution in [0.4, 0.5) is 5.82 Å². The Balaban J connectivity index is 1.98. The lowest BCUT2D eigenvalue weighted by atomic mass is 10.0. The maximum absolute atomic E-state index is 9.27. The molecule has 1 aliphatic heterocycles. The van der Waals surface area contributed by atoms with E-state index in [0.29, 0.717) is 6.54 Å². The SMILES string of the molecule is NC1(CO)CCN(c2nccn3ccnc23)C1. The first kappa shape index (κ1) is 10.5. The number of imidazole rings is 1. The monoisotopic (exact) mass is 233 g/mol. The zero-order valence-electron chi connectivity index (χ0n) is 9.45. The fourth-order valence-corrected chi connectivity index (χ4v) is 2.27. The van der Waals surface area contributed by atoms with Crippen LogP contribution in [0.5, 0.6) is 0 Å². The van der Waals surface area contributed by atoms with E-state index in [1.54, 1.807) is 12.4 Å². The number of aliphatic hydroxyl groups excluding tert-OH is 1. The van der Waals surface area contributed by atoms with Gasteiger partial charge in [-0.1, -0.05) is 0 Å². The van der Waals surface area contributed by atoms with Crippen molar-refractivity contribution in [2.45, 2.75) is 12.0 Å². The molecule has 2 aromatic rings. The maximum Gasteiger partial charge on any atom is 0.180 e. The second-order valence-electron chi connectivity index (χ2n) is 4.60. The van der Waals surface area contributed by atoms with Gasteiger partial charge < -0.3 is 20.1 Å². The van der Waals surface area contributed by atoms with Crippen LogP contribution in [-0.2, 0) is 0 Å². The number of hydrogen-bond acceptors (Lipinski definition) is 5. The number of fused-ring (bicyclic) bond motifs is 1. The van der Waals surface area contributed by atoms with E-state index in [0.717, 1.165) is 24.4 Å². The summed E-state index contributed by atoms with van der Waals surface area (Å²) in [5, 5.41) is 9.27. The van der Waals surface area contributed by atoms with Crippen molar-refractivity contribution in [3.05, 3.63) is 24.8 Å². The van der Waals surface area contributed by atoms with Gasteiger partial charge in [0.15, 0.2) is 11.5 Å². The van der Waals surface area contributed by atoms with E-state index < -0.39 is 5.54 Å². The Bertz CT molecular complexity index is 539. The molecule has 1 aliphatic rings. The van der Waals surface area contributed by atoms with Crippen molar-refractivity contribution in [1.29, 1.82) is 0 Å². The first-order chi connectivity index (χ1) is 8.22. The Morgan fingerprint density at radius 1 is 1.35 bits per heavy atom. The van der Waals surface area contributed by atoms with Gasteiger partial charge in [0.1, 0.15) is 0 Å². The van der Waals surface area contributed by atoms with Crippen LogP contribution in [0.25, 0.3) is 5.65 Å². The Kier molecular flexibility index (Phi) is 2.27. The third-order valence-corrected chi connectivity index (χ3v) is 3.29. The molecule has 3 N–H and O–H groups in total. The first-order valence-electron chi connectivity index (χ1n) is 5.64. The number of anilines is 1. The lowest BCUT2D eigenvalue weighted by Crippen LogP contribution is -2.46. The van der Waals surface area contributed by atoms with Crippen LogP contribution >= 0.6 is 0 Å². The number of aromatic nitrogens is 3. The molecule has 3 heterocycles. The van der Waals surface area contributed by atoms with E-state index >= 15 is 0 Å². The molecule has 6 nitrogen and oxygen atoms in total. The molecule has 0 amide bonds. The van der Waals surface area contributed by atoms with E-state index in [2.05, 4.69) is 14.9 Å². The molecule has 0 aliphatic carbocycles. The largest absolute Gasteiger partial charge is 0.394 e. The normalized spacial score (nSPS) is 24.7. The predicted octanol–water partition coefficient (Wildman–Crippen LogP) is -0.371. The van der Waals surface area contributed by atoms with Gasteiger partial charge in [-0.25, -0.2) is 9.97 Å². The number of aliphatic hydroxyl groups is 1. The second-order valence-corrected chi connectivity index (χ2v) is 4.60. The minimum atomic E-state index is -0.513. The lowest BCUT2D eigenvalue weighted by molar-refractivity contribution is 0.210. The van der Waals surface area contributed by atoms with Crippen LogP contribution in [0.2, 0.25) is 0 Å². The molecule has 1 fully saturated rings. The van der Waals surface area contributed by atoms with Crippen LogP contribution in [-0.4, -0.2) is 44.7 Å². The van der Waals surface area contributed by atoms with Crippen molar-refractivity contribution in [2.24, 2.45) is 5.73 Å². The number of nitrogens with zero attached hydrogens (tertiary/aromatic N) is 4. The molecule has 0 radical (unpaired) electrons. The third-order valence-electron chi connectivity index (χ3n) is 3.29. The Morgan fingerprint density at radius 3 is 2.82 bits per heavy atom. The molecule has 90 valence electrons. The minimum absolute atomic E-state index is 0.00105. The molecule has 17 heavy (non-hydrogen) atoms. The summed E-state index contributed by atoms with van der Waals surface area (Å²) in [5.41, 5.74) is 6.37. The molecular weight excluding hydrogens is 218 g/mol. The van der Waals surface area contributed by atoms with Crippen molar-refractivity contribution >= 4 is 11.5 Å². The molecule has 0 saturated carbocycles. The fourth-order valence-electron chi connectivity index (χ4n) is 2.27. The van der Waals surface area contributed by atoms with Crippen LogP contribution < -0.4 is 10.6 Å². The first-order valence-corrected chi connectivity index (χ1v) is 5.64. The van der Waals surface area contributed by atoms with Crippen molar-refractivity contribution < 1.29 is 5.11 Å². The van der Waals surface area contributed by atoms with Gasteiger partial charge in [-0.3, -0.25) is 0 Å². The van der Waals surface area contributed by atoms with Gasteiger partial charge in [0.2, 0.25) is 0 Å². The summed E-state index contributed by atoms with van der Waals surface area (Å²) in [6, 6.07) is 0. The van der Waals surface area contributed by atoms with E-state index in [4.69, 9.17) is 5.73 Å². The highest BCUT2D eigenvalue weighted by Crippen LogP contribution is 2.25. The van der Waals surface area contributed by atoms with E-state index in [1.165, 1.54) is 0 Å².